The van der Waals surface area contributed by atoms with Gasteiger partial charge in [0, 0.05) is 16.8 Å². The number of nitrogens with two attached hydrogens (primary N) is 2. The van der Waals surface area contributed by atoms with Gasteiger partial charge in [-0.2, -0.15) is 0 Å². The first-order chi connectivity index (χ1) is 18.6. The van der Waals surface area contributed by atoms with E-state index in [0.717, 1.165) is 29.1 Å². The number of nitrogen functional groups attached to an aromatic ring is 2. The highest BCUT2D eigenvalue weighted by Crippen LogP contribution is 2.50. The van der Waals surface area contributed by atoms with Crippen molar-refractivity contribution in [2.75, 3.05) is 11.5 Å². The third-order valence-corrected chi connectivity index (χ3v) is 10.3. The van der Waals surface area contributed by atoms with Crippen LogP contribution in [-0.4, -0.2) is 0 Å². The first-order valence-corrected chi connectivity index (χ1v) is 16.3. The zero-order valence-electron chi connectivity index (χ0n) is 24.4. The Labute approximate surface area is 234 Å². The highest BCUT2D eigenvalue weighted by molar-refractivity contribution is 5.49. The molecular weight excluding hydrogens is 460 g/mol. The molecule has 0 aromatic heterocycles. The Hall–Kier alpha value is -1.96. The Bertz CT molecular complexity index is 852. The molecule has 0 atom stereocenters. The van der Waals surface area contributed by atoms with Crippen molar-refractivity contribution in [1.29, 1.82) is 0 Å². The molecule has 2 aromatic rings. The van der Waals surface area contributed by atoms with Gasteiger partial charge in [0.2, 0.25) is 0 Å². The highest BCUT2D eigenvalue weighted by Gasteiger charge is 2.40. The second kappa shape index (κ2) is 15.0. The van der Waals surface area contributed by atoms with Crippen LogP contribution in [0.25, 0.3) is 0 Å². The monoisotopic (exact) mass is 516 g/mol. The number of hydrogen-bond donors (Lipinski definition) is 2. The van der Waals surface area contributed by atoms with Crippen LogP contribution in [0.3, 0.4) is 0 Å². The maximum Gasteiger partial charge on any atom is 0.0314 e. The molecule has 2 heteroatoms. The lowest BCUT2D eigenvalue weighted by atomic mass is 9.60. The molecule has 2 saturated carbocycles. The van der Waals surface area contributed by atoms with Crippen LogP contribution in [0.5, 0.6) is 0 Å². The zero-order chi connectivity index (χ0) is 26.6. The van der Waals surface area contributed by atoms with Crippen molar-refractivity contribution in [3.63, 3.8) is 0 Å². The molecule has 2 aromatic carbocycles. The van der Waals surface area contributed by atoms with Crippen LogP contribution in [0.1, 0.15) is 140 Å². The maximum atomic E-state index is 6.05. The molecular formula is C36H56N2. The Morgan fingerprint density at radius 1 is 0.553 bits per heavy atom. The summed E-state index contributed by atoms with van der Waals surface area (Å²) in [5.41, 5.74) is 16.8. The number of rotatable bonds is 14. The molecule has 4 rings (SSSR count). The summed E-state index contributed by atoms with van der Waals surface area (Å²) in [6.07, 6.45) is 27.1. The smallest absolute Gasteiger partial charge is 0.0314 e. The van der Waals surface area contributed by atoms with E-state index in [1.807, 2.05) is 0 Å². The van der Waals surface area contributed by atoms with E-state index in [-0.39, 0.29) is 5.41 Å². The van der Waals surface area contributed by atoms with E-state index in [1.54, 1.807) is 0 Å². The van der Waals surface area contributed by atoms with Gasteiger partial charge in [0.05, 0.1) is 0 Å². The molecule has 0 radical (unpaired) electrons. The van der Waals surface area contributed by atoms with E-state index >= 15 is 0 Å². The zero-order valence-corrected chi connectivity index (χ0v) is 24.4. The van der Waals surface area contributed by atoms with E-state index < -0.39 is 0 Å². The van der Waals surface area contributed by atoms with Crippen molar-refractivity contribution in [1.82, 2.24) is 0 Å². The number of anilines is 2. The normalized spacial score (nSPS) is 21.9. The van der Waals surface area contributed by atoms with Crippen LogP contribution in [0, 0.1) is 17.8 Å². The predicted molar refractivity (Wildman–Crippen MR) is 166 cm³/mol. The molecule has 0 amide bonds. The van der Waals surface area contributed by atoms with Gasteiger partial charge >= 0.3 is 0 Å². The van der Waals surface area contributed by atoms with Crippen LogP contribution in [0.4, 0.5) is 11.4 Å². The van der Waals surface area contributed by atoms with Crippen molar-refractivity contribution in [3.05, 3.63) is 59.7 Å². The van der Waals surface area contributed by atoms with E-state index in [4.69, 9.17) is 11.5 Å². The van der Waals surface area contributed by atoms with E-state index in [2.05, 4.69) is 55.5 Å². The Kier molecular flexibility index (Phi) is 11.5. The van der Waals surface area contributed by atoms with Crippen molar-refractivity contribution >= 4 is 11.4 Å². The first-order valence-electron chi connectivity index (χ1n) is 16.3. The average Bonchev–Trinajstić information content (AvgIpc) is 2.95. The van der Waals surface area contributed by atoms with Gasteiger partial charge in [-0.15, -0.1) is 0 Å². The third kappa shape index (κ3) is 8.03. The molecule has 4 N–H and O–H groups in total. The molecule has 0 unspecified atom stereocenters. The second-order valence-electron chi connectivity index (χ2n) is 12.9. The minimum atomic E-state index is 0.102. The molecule has 38 heavy (non-hydrogen) atoms. The fourth-order valence-electron chi connectivity index (χ4n) is 7.82. The molecule has 0 aliphatic heterocycles. The van der Waals surface area contributed by atoms with Crippen LogP contribution in [-0.2, 0) is 5.41 Å². The minimum absolute atomic E-state index is 0.102. The summed E-state index contributed by atoms with van der Waals surface area (Å²) in [5, 5.41) is 0. The molecule has 2 aliphatic carbocycles. The number of unbranched alkanes of at least 4 members (excludes halogenated alkanes) is 9. The van der Waals surface area contributed by atoms with E-state index in [1.165, 1.54) is 133 Å². The van der Waals surface area contributed by atoms with Crippen LogP contribution >= 0.6 is 0 Å². The molecule has 2 nitrogen and oxygen atoms in total. The van der Waals surface area contributed by atoms with Crippen molar-refractivity contribution < 1.29 is 0 Å². The first kappa shape index (κ1) is 29.0. The summed E-state index contributed by atoms with van der Waals surface area (Å²) in [4.78, 5) is 0. The summed E-state index contributed by atoms with van der Waals surface area (Å²) in [6, 6.07) is 17.4. The number of hydrogen-bond acceptors (Lipinski definition) is 2. The van der Waals surface area contributed by atoms with Gasteiger partial charge in [0.25, 0.3) is 0 Å². The fourth-order valence-corrected chi connectivity index (χ4v) is 7.82. The number of benzene rings is 2. The average molecular weight is 517 g/mol. The van der Waals surface area contributed by atoms with Crippen LogP contribution in [0.2, 0.25) is 0 Å². The summed E-state index contributed by atoms with van der Waals surface area (Å²) in [6.45, 7) is 2.30. The summed E-state index contributed by atoms with van der Waals surface area (Å²) in [7, 11) is 0. The highest BCUT2D eigenvalue weighted by atomic mass is 14.6. The van der Waals surface area contributed by atoms with Gasteiger partial charge in [-0.1, -0.05) is 115 Å². The molecule has 0 spiro atoms. The van der Waals surface area contributed by atoms with Crippen molar-refractivity contribution in [2.24, 2.45) is 17.8 Å². The quantitative estimate of drug-likeness (QED) is 0.194. The van der Waals surface area contributed by atoms with E-state index in [0.29, 0.717) is 0 Å². The van der Waals surface area contributed by atoms with Gasteiger partial charge in [0.1, 0.15) is 0 Å². The lowest BCUT2D eigenvalue weighted by Gasteiger charge is -2.44. The van der Waals surface area contributed by atoms with Crippen LogP contribution < -0.4 is 11.5 Å². The molecule has 0 bridgehead atoms. The van der Waals surface area contributed by atoms with Gasteiger partial charge in [-0.3, -0.25) is 0 Å². The lowest BCUT2D eigenvalue weighted by Crippen LogP contribution is -2.36. The van der Waals surface area contributed by atoms with Gasteiger partial charge in [0.15, 0.2) is 0 Å². The Morgan fingerprint density at radius 3 is 1.45 bits per heavy atom. The molecule has 210 valence electrons. The standard InChI is InChI=1S/C36H56N2/c1-2-3-4-5-6-7-8-9-10-11-12-29-13-15-30(16-14-29)31-25-27-36(28-26-31,32-17-21-34(37)22-18-32)33-19-23-35(38)24-20-33/h17-24,29-31H,2-16,25-28,37-38H2,1H3/t29-,30-. The minimum Gasteiger partial charge on any atom is -0.399 e. The summed E-state index contributed by atoms with van der Waals surface area (Å²) < 4.78 is 0. The molecule has 0 saturated heterocycles. The topological polar surface area (TPSA) is 52.0 Å². The van der Waals surface area contributed by atoms with Gasteiger partial charge in [-0.25, -0.2) is 0 Å². The lowest BCUT2D eigenvalue weighted by molar-refractivity contribution is 0.140. The molecule has 2 fully saturated rings. The molecule has 0 heterocycles. The Morgan fingerprint density at radius 2 is 0.974 bits per heavy atom. The SMILES string of the molecule is CCCCCCCCCCCC[C@H]1CC[C@H](C2CCC(c3ccc(N)cc3)(c3ccc(N)cc3)CC2)CC1. The van der Waals surface area contributed by atoms with Crippen molar-refractivity contribution in [3.8, 4) is 0 Å². The fraction of sp³-hybridized carbons (Fsp3) is 0.667. The summed E-state index contributed by atoms with van der Waals surface area (Å²) in [5.74, 6) is 2.87. The van der Waals surface area contributed by atoms with Crippen LogP contribution in [0.15, 0.2) is 48.5 Å². The second-order valence-corrected chi connectivity index (χ2v) is 12.9. The molecule has 2 aliphatic rings. The summed E-state index contributed by atoms with van der Waals surface area (Å²) >= 11 is 0. The van der Waals surface area contributed by atoms with Crippen molar-refractivity contribution in [2.45, 2.75) is 134 Å². The Balaban J connectivity index is 1.19. The maximum absolute atomic E-state index is 6.05. The third-order valence-electron chi connectivity index (χ3n) is 10.3. The van der Waals surface area contributed by atoms with Gasteiger partial charge < -0.3 is 11.5 Å². The predicted octanol–water partition coefficient (Wildman–Crippen LogP) is 10.4. The largest absolute Gasteiger partial charge is 0.399 e. The van der Waals surface area contributed by atoms with E-state index in [9.17, 15) is 0 Å². The van der Waals surface area contributed by atoms with Gasteiger partial charge in [-0.05, 0) is 91.7 Å².